The predicted molar refractivity (Wildman–Crippen MR) is 81.0 cm³/mol. The Morgan fingerprint density at radius 1 is 1.13 bits per heavy atom. The van der Waals surface area contributed by atoms with Crippen molar-refractivity contribution in [1.29, 1.82) is 0 Å². The van der Waals surface area contributed by atoms with Crippen molar-refractivity contribution >= 4 is 11.9 Å². The monoisotopic (exact) mass is 325 g/mol. The zero-order valence-corrected chi connectivity index (χ0v) is 13.1. The average molecular weight is 325 g/mol. The maximum atomic E-state index is 13.8. The SMILES string of the molecule is CC(C(=O)NC1(C(=O)O)CCCCCC1)c1c(F)cccc1F. The van der Waals surface area contributed by atoms with Gasteiger partial charge in [-0.05, 0) is 31.9 Å². The van der Waals surface area contributed by atoms with Crippen LogP contribution < -0.4 is 5.32 Å². The minimum absolute atomic E-state index is 0.334. The van der Waals surface area contributed by atoms with Crippen LogP contribution in [-0.2, 0) is 9.59 Å². The lowest BCUT2D eigenvalue weighted by atomic mass is 9.88. The van der Waals surface area contributed by atoms with Crippen LogP contribution >= 0.6 is 0 Å². The lowest BCUT2D eigenvalue weighted by Crippen LogP contribution is -2.55. The fourth-order valence-corrected chi connectivity index (χ4v) is 3.12. The molecule has 2 N–H and O–H groups in total. The third-order valence-electron chi connectivity index (χ3n) is 4.55. The van der Waals surface area contributed by atoms with Gasteiger partial charge in [-0.25, -0.2) is 13.6 Å². The molecule has 1 unspecified atom stereocenters. The summed E-state index contributed by atoms with van der Waals surface area (Å²) in [6, 6.07) is 3.39. The Morgan fingerprint density at radius 3 is 2.13 bits per heavy atom. The average Bonchev–Trinajstić information content (AvgIpc) is 2.73. The Bertz CT molecular complexity index is 575. The van der Waals surface area contributed by atoms with Crippen molar-refractivity contribution in [1.82, 2.24) is 5.32 Å². The summed E-state index contributed by atoms with van der Waals surface area (Å²) in [7, 11) is 0. The Kier molecular flexibility index (Phi) is 5.34. The van der Waals surface area contributed by atoms with Gasteiger partial charge >= 0.3 is 5.97 Å². The molecule has 0 saturated heterocycles. The van der Waals surface area contributed by atoms with E-state index in [9.17, 15) is 23.5 Å². The van der Waals surface area contributed by atoms with Crippen molar-refractivity contribution in [3.63, 3.8) is 0 Å². The molecule has 1 amide bonds. The van der Waals surface area contributed by atoms with E-state index in [1.165, 1.54) is 13.0 Å². The number of aliphatic carboxylic acids is 1. The first kappa shape index (κ1) is 17.4. The van der Waals surface area contributed by atoms with Gasteiger partial charge in [0.05, 0.1) is 5.92 Å². The van der Waals surface area contributed by atoms with Crippen LogP contribution in [0.25, 0.3) is 0 Å². The molecule has 1 aromatic carbocycles. The molecule has 0 heterocycles. The molecule has 4 nitrogen and oxygen atoms in total. The minimum Gasteiger partial charge on any atom is -0.480 e. The van der Waals surface area contributed by atoms with E-state index in [0.29, 0.717) is 25.7 Å². The molecule has 1 aliphatic rings. The van der Waals surface area contributed by atoms with E-state index in [-0.39, 0.29) is 5.56 Å². The number of carbonyl (C=O) groups excluding carboxylic acids is 1. The van der Waals surface area contributed by atoms with Gasteiger partial charge in [-0.1, -0.05) is 31.7 Å². The van der Waals surface area contributed by atoms with Gasteiger partial charge in [0.2, 0.25) is 5.91 Å². The molecule has 0 bridgehead atoms. The number of nitrogens with one attached hydrogen (secondary N) is 1. The topological polar surface area (TPSA) is 66.4 Å². The first-order chi connectivity index (χ1) is 10.9. The summed E-state index contributed by atoms with van der Waals surface area (Å²) >= 11 is 0. The Balaban J connectivity index is 2.23. The summed E-state index contributed by atoms with van der Waals surface area (Å²) in [4.78, 5) is 24.1. The molecule has 126 valence electrons. The van der Waals surface area contributed by atoms with Crippen LogP contribution in [-0.4, -0.2) is 22.5 Å². The summed E-state index contributed by atoms with van der Waals surface area (Å²) in [6.45, 7) is 1.38. The number of benzene rings is 1. The molecule has 1 aliphatic carbocycles. The second-order valence-electron chi connectivity index (χ2n) is 6.15. The van der Waals surface area contributed by atoms with Crippen molar-refractivity contribution in [2.24, 2.45) is 0 Å². The molecule has 1 fully saturated rings. The number of halogens is 2. The highest BCUT2D eigenvalue weighted by atomic mass is 19.1. The van der Waals surface area contributed by atoms with Crippen molar-refractivity contribution in [3.8, 4) is 0 Å². The van der Waals surface area contributed by atoms with Crippen LogP contribution in [0.1, 0.15) is 56.9 Å². The van der Waals surface area contributed by atoms with Crippen molar-refractivity contribution in [2.75, 3.05) is 0 Å². The van der Waals surface area contributed by atoms with E-state index in [1.54, 1.807) is 0 Å². The van der Waals surface area contributed by atoms with Gasteiger partial charge in [-0.15, -0.1) is 0 Å². The third kappa shape index (κ3) is 3.68. The van der Waals surface area contributed by atoms with E-state index in [4.69, 9.17) is 0 Å². The molecule has 0 aliphatic heterocycles. The normalized spacial score (nSPS) is 18.7. The molecule has 1 aromatic rings. The first-order valence-electron chi connectivity index (χ1n) is 7.87. The smallest absolute Gasteiger partial charge is 0.329 e. The highest BCUT2D eigenvalue weighted by molar-refractivity contribution is 5.90. The summed E-state index contributed by atoms with van der Waals surface area (Å²) in [6.07, 6.45) is 3.91. The van der Waals surface area contributed by atoms with Gasteiger partial charge in [-0.3, -0.25) is 4.79 Å². The molecular formula is C17H21F2NO3. The summed E-state index contributed by atoms with van der Waals surface area (Å²) in [5.74, 6) is -4.47. The zero-order chi connectivity index (χ0) is 17.0. The highest BCUT2D eigenvalue weighted by Crippen LogP contribution is 2.29. The second-order valence-corrected chi connectivity index (χ2v) is 6.15. The number of amides is 1. The van der Waals surface area contributed by atoms with Gasteiger partial charge in [0.1, 0.15) is 17.2 Å². The Morgan fingerprint density at radius 2 is 1.65 bits per heavy atom. The molecule has 1 saturated carbocycles. The van der Waals surface area contributed by atoms with Crippen LogP contribution in [0.3, 0.4) is 0 Å². The van der Waals surface area contributed by atoms with Gasteiger partial charge in [0.15, 0.2) is 0 Å². The largest absolute Gasteiger partial charge is 0.480 e. The number of carbonyl (C=O) groups is 2. The van der Waals surface area contributed by atoms with Crippen LogP contribution in [0.2, 0.25) is 0 Å². The number of carboxylic acid groups (broad SMARTS) is 1. The van der Waals surface area contributed by atoms with Crippen LogP contribution in [0.5, 0.6) is 0 Å². The quantitative estimate of drug-likeness (QED) is 0.834. The first-order valence-corrected chi connectivity index (χ1v) is 7.87. The number of hydrogen-bond donors (Lipinski definition) is 2. The molecule has 0 radical (unpaired) electrons. The lowest BCUT2D eigenvalue weighted by Gasteiger charge is -2.30. The third-order valence-corrected chi connectivity index (χ3v) is 4.55. The van der Waals surface area contributed by atoms with E-state index in [0.717, 1.165) is 25.0 Å². The molecule has 0 spiro atoms. The van der Waals surface area contributed by atoms with Crippen molar-refractivity contribution in [2.45, 2.75) is 56.9 Å². The lowest BCUT2D eigenvalue weighted by molar-refractivity contribution is -0.148. The van der Waals surface area contributed by atoms with Crippen molar-refractivity contribution < 1.29 is 23.5 Å². The van der Waals surface area contributed by atoms with Gasteiger partial charge < -0.3 is 10.4 Å². The Labute approximate surface area is 133 Å². The van der Waals surface area contributed by atoms with Gasteiger partial charge in [0.25, 0.3) is 0 Å². The fraction of sp³-hybridized carbons (Fsp3) is 0.529. The van der Waals surface area contributed by atoms with Gasteiger partial charge in [-0.2, -0.15) is 0 Å². The summed E-state index contributed by atoms with van der Waals surface area (Å²) in [5, 5.41) is 12.1. The molecule has 0 aromatic heterocycles. The van der Waals surface area contributed by atoms with E-state index in [1.807, 2.05) is 0 Å². The molecule has 2 rings (SSSR count). The summed E-state index contributed by atoms with van der Waals surface area (Å²) < 4.78 is 27.6. The maximum absolute atomic E-state index is 13.8. The minimum atomic E-state index is -1.34. The molecule has 6 heteroatoms. The zero-order valence-electron chi connectivity index (χ0n) is 13.1. The number of carboxylic acids is 1. The number of rotatable bonds is 4. The van der Waals surface area contributed by atoms with Gasteiger partial charge in [0, 0.05) is 5.56 Å². The highest BCUT2D eigenvalue weighted by Gasteiger charge is 2.41. The summed E-state index contributed by atoms with van der Waals surface area (Å²) in [5.41, 5.74) is -1.68. The Hall–Kier alpha value is -1.98. The van der Waals surface area contributed by atoms with E-state index < -0.39 is 35.0 Å². The number of hydrogen-bond acceptors (Lipinski definition) is 2. The van der Waals surface area contributed by atoms with Crippen LogP contribution in [0.4, 0.5) is 8.78 Å². The van der Waals surface area contributed by atoms with Crippen LogP contribution in [0.15, 0.2) is 18.2 Å². The molecule has 1 atom stereocenters. The molecular weight excluding hydrogens is 304 g/mol. The van der Waals surface area contributed by atoms with E-state index >= 15 is 0 Å². The fourth-order valence-electron chi connectivity index (χ4n) is 3.12. The van der Waals surface area contributed by atoms with Crippen LogP contribution in [0, 0.1) is 11.6 Å². The van der Waals surface area contributed by atoms with Crippen molar-refractivity contribution in [3.05, 3.63) is 35.4 Å². The maximum Gasteiger partial charge on any atom is 0.329 e. The second kappa shape index (κ2) is 7.06. The standard InChI is InChI=1S/C17H21F2NO3/c1-11(14-12(18)7-6-8-13(14)19)15(21)20-17(16(22)23)9-4-2-3-5-10-17/h6-8,11H,2-5,9-10H2,1H3,(H,20,21)(H,22,23). The predicted octanol–water partition coefficient (Wildman–Crippen LogP) is 3.36. The molecule has 23 heavy (non-hydrogen) atoms. The van der Waals surface area contributed by atoms with E-state index in [2.05, 4.69) is 5.32 Å².